The SMILES string of the molecule is COc1cc(N)cc(Nc2ncnc3ccsc23)c1. The molecule has 0 radical (unpaired) electrons. The van der Waals surface area contributed by atoms with Crippen LogP contribution in [0.2, 0.25) is 0 Å². The van der Waals surface area contributed by atoms with Crippen LogP contribution in [-0.2, 0) is 0 Å². The monoisotopic (exact) mass is 272 g/mol. The number of nitrogens with two attached hydrogens (primary N) is 1. The number of thiophene rings is 1. The van der Waals surface area contributed by atoms with Crippen LogP contribution in [0.15, 0.2) is 36.0 Å². The van der Waals surface area contributed by atoms with E-state index in [1.54, 1.807) is 30.8 Å². The Balaban J connectivity index is 2.01. The van der Waals surface area contributed by atoms with Crippen LogP contribution in [-0.4, -0.2) is 17.1 Å². The molecule has 0 amide bonds. The molecule has 0 aliphatic heterocycles. The number of anilines is 3. The highest BCUT2D eigenvalue weighted by Gasteiger charge is 2.06. The van der Waals surface area contributed by atoms with Crippen LogP contribution < -0.4 is 15.8 Å². The summed E-state index contributed by atoms with van der Waals surface area (Å²) in [7, 11) is 1.61. The summed E-state index contributed by atoms with van der Waals surface area (Å²) in [4.78, 5) is 8.47. The molecule has 0 atom stereocenters. The number of aromatic nitrogens is 2. The van der Waals surface area contributed by atoms with Crippen molar-refractivity contribution in [2.24, 2.45) is 0 Å². The van der Waals surface area contributed by atoms with Crippen LogP contribution in [0.5, 0.6) is 5.75 Å². The van der Waals surface area contributed by atoms with Crippen molar-refractivity contribution in [1.29, 1.82) is 0 Å². The quantitative estimate of drug-likeness (QED) is 0.717. The molecule has 0 saturated heterocycles. The first kappa shape index (κ1) is 11.7. The Morgan fingerprint density at radius 3 is 3.00 bits per heavy atom. The van der Waals surface area contributed by atoms with Crippen molar-refractivity contribution in [2.75, 3.05) is 18.2 Å². The molecule has 3 rings (SSSR count). The third kappa shape index (κ3) is 2.30. The van der Waals surface area contributed by atoms with Crippen LogP contribution >= 0.6 is 11.3 Å². The van der Waals surface area contributed by atoms with E-state index >= 15 is 0 Å². The van der Waals surface area contributed by atoms with Crippen molar-refractivity contribution in [3.63, 3.8) is 0 Å². The van der Waals surface area contributed by atoms with Gasteiger partial charge in [-0.25, -0.2) is 9.97 Å². The van der Waals surface area contributed by atoms with Gasteiger partial charge < -0.3 is 15.8 Å². The molecule has 0 aliphatic carbocycles. The Labute approximate surface area is 114 Å². The molecule has 96 valence electrons. The fourth-order valence-electron chi connectivity index (χ4n) is 1.83. The van der Waals surface area contributed by atoms with E-state index in [1.165, 1.54) is 0 Å². The van der Waals surface area contributed by atoms with Gasteiger partial charge in [0.15, 0.2) is 5.82 Å². The fraction of sp³-hybridized carbons (Fsp3) is 0.0769. The topological polar surface area (TPSA) is 73.1 Å². The molecule has 0 saturated carbocycles. The number of methoxy groups -OCH3 is 1. The summed E-state index contributed by atoms with van der Waals surface area (Å²) in [6, 6.07) is 7.45. The zero-order chi connectivity index (χ0) is 13.2. The van der Waals surface area contributed by atoms with E-state index in [1.807, 2.05) is 23.6 Å². The third-order valence-corrected chi connectivity index (χ3v) is 3.58. The van der Waals surface area contributed by atoms with E-state index in [-0.39, 0.29) is 0 Å². The summed E-state index contributed by atoms with van der Waals surface area (Å²) >= 11 is 1.60. The largest absolute Gasteiger partial charge is 0.497 e. The highest BCUT2D eigenvalue weighted by atomic mass is 32.1. The lowest BCUT2D eigenvalue weighted by atomic mass is 10.2. The number of nitrogens with zero attached hydrogens (tertiary/aromatic N) is 2. The summed E-state index contributed by atoms with van der Waals surface area (Å²) in [5, 5.41) is 5.24. The summed E-state index contributed by atoms with van der Waals surface area (Å²) in [5.74, 6) is 1.48. The van der Waals surface area contributed by atoms with Crippen LogP contribution in [0, 0.1) is 0 Å². The lowest BCUT2D eigenvalue weighted by molar-refractivity contribution is 0.415. The van der Waals surface area contributed by atoms with E-state index in [0.717, 1.165) is 21.7 Å². The van der Waals surface area contributed by atoms with Crippen molar-refractivity contribution < 1.29 is 4.74 Å². The van der Waals surface area contributed by atoms with E-state index in [2.05, 4.69) is 15.3 Å². The Morgan fingerprint density at radius 2 is 2.16 bits per heavy atom. The fourth-order valence-corrected chi connectivity index (χ4v) is 2.62. The maximum Gasteiger partial charge on any atom is 0.151 e. The smallest absolute Gasteiger partial charge is 0.151 e. The number of rotatable bonds is 3. The van der Waals surface area contributed by atoms with Crippen molar-refractivity contribution in [2.45, 2.75) is 0 Å². The summed E-state index contributed by atoms with van der Waals surface area (Å²) < 4.78 is 6.21. The molecule has 3 N–H and O–H groups in total. The van der Waals surface area contributed by atoms with Gasteiger partial charge in [-0.05, 0) is 17.5 Å². The molecule has 0 fully saturated rings. The number of nitrogen functional groups attached to an aromatic ring is 1. The first-order valence-electron chi connectivity index (χ1n) is 5.66. The second kappa shape index (κ2) is 4.74. The normalized spacial score (nSPS) is 10.6. The van der Waals surface area contributed by atoms with Crippen molar-refractivity contribution in [1.82, 2.24) is 9.97 Å². The first-order chi connectivity index (χ1) is 9.26. The second-order valence-electron chi connectivity index (χ2n) is 3.98. The van der Waals surface area contributed by atoms with E-state index < -0.39 is 0 Å². The van der Waals surface area contributed by atoms with Crippen molar-refractivity contribution in [3.05, 3.63) is 36.0 Å². The van der Waals surface area contributed by atoms with Gasteiger partial charge in [0.05, 0.1) is 17.3 Å². The van der Waals surface area contributed by atoms with Crippen LogP contribution in [0.25, 0.3) is 10.2 Å². The molecule has 5 nitrogen and oxygen atoms in total. The molecule has 2 heterocycles. The predicted molar refractivity (Wildman–Crippen MR) is 78.1 cm³/mol. The zero-order valence-corrected chi connectivity index (χ0v) is 11.1. The second-order valence-corrected chi connectivity index (χ2v) is 4.89. The maximum atomic E-state index is 5.83. The standard InChI is InChI=1S/C13H12N4OS/c1-18-10-5-8(14)4-9(6-10)17-13-12-11(2-3-19-12)15-7-16-13/h2-7H,14H2,1H3,(H,15,16,17). The summed E-state index contributed by atoms with van der Waals surface area (Å²) in [5.41, 5.74) is 8.24. The van der Waals surface area contributed by atoms with Crippen molar-refractivity contribution >= 4 is 38.7 Å². The molecular weight excluding hydrogens is 260 g/mol. The average Bonchev–Trinajstić information content (AvgIpc) is 2.87. The number of hydrogen-bond acceptors (Lipinski definition) is 6. The van der Waals surface area contributed by atoms with Crippen molar-refractivity contribution in [3.8, 4) is 5.75 Å². The van der Waals surface area contributed by atoms with Crippen LogP contribution in [0.3, 0.4) is 0 Å². The molecule has 0 spiro atoms. The Kier molecular flexibility index (Phi) is 2.92. The third-order valence-electron chi connectivity index (χ3n) is 2.67. The molecule has 0 unspecified atom stereocenters. The average molecular weight is 272 g/mol. The molecule has 0 bridgehead atoms. The highest BCUT2D eigenvalue weighted by Crippen LogP contribution is 2.29. The van der Waals surface area contributed by atoms with E-state index in [4.69, 9.17) is 10.5 Å². The Morgan fingerprint density at radius 1 is 1.26 bits per heavy atom. The van der Waals surface area contributed by atoms with Gasteiger partial charge in [0.25, 0.3) is 0 Å². The number of nitrogens with one attached hydrogen (secondary N) is 1. The van der Waals surface area contributed by atoms with Crippen LogP contribution in [0.4, 0.5) is 17.2 Å². The van der Waals surface area contributed by atoms with E-state index in [0.29, 0.717) is 11.4 Å². The van der Waals surface area contributed by atoms with Gasteiger partial charge in [-0.2, -0.15) is 0 Å². The van der Waals surface area contributed by atoms with Gasteiger partial charge >= 0.3 is 0 Å². The first-order valence-corrected chi connectivity index (χ1v) is 6.54. The summed E-state index contributed by atoms with van der Waals surface area (Å²) in [6.45, 7) is 0. The minimum absolute atomic E-state index is 0.637. The van der Waals surface area contributed by atoms with Gasteiger partial charge in [-0.3, -0.25) is 0 Å². The Hall–Kier alpha value is -2.34. The molecule has 19 heavy (non-hydrogen) atoms. The zero-order valence-electron chi connectivity index (χ0n) is 10.3. The Bertz CT molecular complexity index is 725. The van der Waals surface area contributed by atoms with E-state index in [9.17, 15) is 0 Å². The predicted octanol–water partition coefficient (Wildman–Crippen LogP) is 3.03. The van der Waals surface area contributed by atoms with Gasteiger partial charge in [0, 0.05) is 23.5 Å². The van der Waals surface area contributed by atoms with Gasteiger partial charge in [-0.1, -0.05) is 0 Å². The molecule has 3 aromatic rings. The van der Waals surface area contributed by atoms with Gasteiger partial charge in [-0.15, -0.1) is 11.3 Å². The molecule has 6 heteroatoms. The summed E-state index contributed by atoms with van der Waals surface area (Å²) in [6.07, 6.45) is 1.54. The van der Waals surface area contributed by atoms with Gasteiger partial charge in [0.2, 0.25) is 0 Å². The molecule has 1 aromatic carbocycles. The number of benzene rings is 1. The minimum Gasteiger partial charge on any atom is -0.497 e. The minimum atomic E-state index is 0.637. The van der Waals surface area contributed by atoms with Gasteiger partial charge in [0.1, 0.15) is 12.1 Å². The lowest BCUT2D eigenvalue weighted by Crippen LogP contribution is -1.97. The number of ether oxygens (including phenoxy) is 1. The lowest BCUT2D eigenvalue weighted by Gasteiger charge is -2.09. The number of hydrogen-bond donors (Lipinski definition) is 2. The molecular formula is C13H12N4OS. The number of fused-ring (bicyclic) bond motifs is 1. The maximum absolute atomic E-state index is 5.83. The highest BCUT2D eigenvalue weighted by molar-refractivity contribution is 7.17. The molecule has 2 aromatic heterocycles. The van der Waals surface area contributed by atoms with Crippen LogP contribution in [0.1, 0.15) is 0 Å². The molecule has 0 aliphatic rings.